The van der Waals surface area contributed by atoms with Crippen LogP contribution in [0.5, 0.6) is 0 Å². The highest BCUT2D eigenvalue weighted by atomic mass is 19.1. The number of nitrogens with zero attached hydrogens (tertiary/aromatic N) is 1. The second-order valence-corrected chi connectivity index (χ2v) is 6.23. The van der Waals surface area contributed by atoms with E-state index < -0.39 is 5.82 Å². The number of hydrogen-bond acceptors (Lipinski definition) is 3. The van der Waals surface area contributed by atoms with E-state index in [0.717, 1.165) is 25.0 Å². The number of hydrogen-bond donors (Lipinski definition) is 2. The average Bonchev–Trinajstić information content (AvgIpc) is 3.08. The Labute approximate surface area is 124 Å². The second-order valence-electron chi connectivity index (χ2n) is 6.23. The van der Waals surface area contributed by atoms with Gasteiger partial charge in [0.05, 0.1) is 11.8 Å². The first-order chi connectivity index (χ1) is 10.2. The lowest BCUT2D eigenvalue weighted by Crippen LogP contribution is -2.38. The van der Waals surface area contributed by atoms with E-state index >= 15 is 0 Å². The molecule has 0 radical (unpaired) electrons. The lowest BCUT2D eigenvalue weighted by Gasteiger charge is -2.23. The van der Waals surface area contributed by atoms with Gasteiger partial charge in [-0.25, -0.2) is 9.37 Å². The molecule has 21 heavy (non-hydrogen) atoms. The number of nitrogens with one attached hydrogen (secondary N) is 2. The van der Waals surface area contributed by atoms with Gasteiger partial charge in [0.25, 0.3) is 5.91 Å². The van der Waals surface area contributed by atoms with Crippen molar-refractivity contribution in [2.75, 3.05) is 11.9 Å². The summed E-state index contributed by atoms with van der Waals surface area (Å²) in [5.41, 5.74) is 0.311. The summed E-state index contributed by atoms with van der Waals surface area (Å²) in [7, 11) is 0. The van der Waals surface area contributed by atoms with Gasteiger partial charge in [-0.05, 0) is 43.6 Å². The molecule has 1 aromatic rings. The minimum Gasteiger partial charge on any atom is -0.369 e. The molecule has 5 heteroatoms. The van der Waals surface area contributed by atoms with Crippen LogP contribution in [0.25, 0.3) is 0 Å². The molecule has 3 unspecified atom stereocenters. The van der Waals surface area contributed by atoms with Crippen LogP contribution in [0.2, 0.25) is 0 Å². The number of pyridine rings is 1. The molecule has 2 aliphatic rings. The topological polar surface area (TPSA) is 54.0 Å². The molecule has 2 fully saturated rings. The molecule has 0 spiro atoms. The molecular formula is C16H22FN3O. The van der Waals surface area contributed by atoms with Crippen molar-refractivity contribution in [2.24, 2.45) is 11.8 Å². The van der Waals surface area contributed by atoms with Crippen LogP contribution in [-0.4, -0.2) is 23.5 Å². The summed E-state index contributed by atoms with van der Waals surface area (Å²) in [5, 5.41) is 6.18. The summed E-state index contributed by atoms with van der Waals surface area (Å²) in [6.07, 6.45) is 6.86. The fourth-order valence-electron chi connectivity index (χ4n) is 3.66. The smallest absolute Gasteiger partial charge is 0.255 e. The third-order valence-corrected chi connectivity index (χ3v) is 4.70. The van der Waals surface area contributed by atoms with Gasteiger partial charge in [0.2, 0.25) is 0 Å². The number of amides is 1. The maximum absolute atomic E-state index is 13.4. The van der Waals surface area contributed by atoms with Gasteiger partial charge < -0.3 is 10.6 Å². The zero-order valence-electron chi connectivity index (χ0n) is 12.4. The van der Waals surface area contributed by atoms with Crippen LogP contribution < -0.4 is 10.6 Å². The number of rotatable bonds is 5. The van der Waals surface area contributed by atoms with Gasteiger partial charge in [-0.15, -0.1) is 0 Å². The van der Waals surface area contributed by atoms with E-state index in [1.54, 1.807) is 0 Å². The highest BCUT2D eigenvalue weighted by molar-refractivity contribution is 5.98. The third kappa shape index (κ3) is 3.01. The van der Waals surface area contributed by atoms with Crippen molar-refractivity contribution in [1.29, 1.82) is 0 Å². The van der Waals surface area contributed by atoms with Crippen LogP contribution in [0.1, 0.15) is 49.4 Å². The summed E-state index contributed by atoms with van der Waals surface area (Å²) in [6.45, 7) is 2.75. The molecule has 2 N–H and O–H groups in total. The Morgan fingerprint density at radius 1 is 1.43 bits per heavy atom. The highest BCUT2D eigenvalue weighted by Crippen LogP contribution is 2.44. The van der Waals surface area contributed by atoms with Crippen molar-refractivity contribution >= 4 is 11.7 Å². The molecule has 0 saturated heterocycles. The molecule has 0 aliphatic heterocycles. The van der Waals surface area contributed by atoms with Gasteiger partial charge in [-0.2, -0.15) is 0 Å². The number of aromatic nitrogens is 1. The maximum atomic E-state index is 13.4. The van der Waals surface area contributed by atoms with E-state index in [4.69, 9.17) is 0 Å². The number of fused-ring (bicyclic) bond motifs is 2. The quantitative estimate of drug-likeness (QED) is 0.877. The Hall–Kier alpha value is -1.65. The molecule has 2 aliphatic carbocycles. The molecule has 3 atom stereocenters. The first-order valence-electron chi connectivity index (χ1n) is 7.87. The van der Waals surface area contributed by atoms with Crippen molar-refractivity contribution in [3.8, 4) is 0 Å². The Bertz CT molecular complexity index is 534. The third-order valence-electron chi connectivity index (χ3n) is 4.70. The van der Waals surface area contributed by atoms with Crippen molar-refractivity contribution in [2.45, 2.75) is 45.1 Å². The molecule has 3 rings (SSSR count). The lowest BCUT2D eigenvalue weighted by atomic mass is 9.95. The fraction of sp³-hybridized carbons (Fsp3) is 0.625. The molecular weight excluding hydrogens is 269 g/mol. The zero-order chi connectivity index (χ0) is 14.8. The SMILES string of the molecule is CCCNc1ncc(F)cc1C(=O)NC1CC2CCC1C2. The number of carbonyl (C=O) groups is 1. The monoisotopic (exact) mass is 291 g/mol. The molecule has 1 aromatic heterocycles. The minimum atomic E-state index is -0.477. The van der Waals surface area contributed by atoms with Crippen molar-refractivity contribution in [3.05, 3.63) is 23.6 Å². The van der Waals surface area contributed by atoms with Crippen LogP contribution in [0.3, 0.4) is 0 Å². The first kappa shape index (κ1) is 14.3. The van der Waals surface area contributed by atoms with E-state index in [-0.39, 0.29) is 11.9 Å². The summed E-state index contributed by atoms with van der Waals surface area (Å²) in [5.74, 6) is 1.16. The molecule has 2 bridgehead atoms. The van der Waals surface area contributed by atoms with Crippen LogP contribution >= 0.6 is 0 Å². The number of carbonyl (C=O) groups excluding carboxylic acids is 1. The van der Waals surface area contributed by atoms with Crippen LogP contribution in [-0.2, 0) is 0 Å². The van der Waals surface area contributed by atoms with Gasteiger partial charge in [-0.1, -0.05) is 13.3 Å². The van der Waals surface area contributed by atoms with Gasteiger partial charge >= 0.3 is 0 Å². The molecule has 1 amide bonds. The predicted octanol–water partition coefficient (Wildman–Crippen LogP) is 2.96. The van der Waals surface area contributed by atoms with Crippen molar-refractivity contribution in [3.63, 3.8) is 0 Å². The largest absolute Gasteiger partial charge is 0.369 e. The van der Waals surface area contributed by atoms with E-state index in [0.29, 0.717) is 23.8 Å². The van der Waals surface area contributed by atoms with E-state index in [1.165, 1.54) is 25.3 Å². The summed E-state index contributed by atoms with van der Waals surface area (Å²) in [6, 6.07) is 1.52. The van der Waals surface area contributed by atoms with E-state index in [1.807, 2.05) is 6.92 Å². The van der Waals surface area contributed by atoms with Gasteiger partial charge in [0, 0.05) is 12.6 Å². The van der Waals surface area contributed by atoms with Crippen molar-refractivity contribution in [1.82, 2.24) is 10.3 Å². The van der Waals surface area contributed by atoms with Crippen molar-refractivity contribution < 1.29 is 9.18 Å². The average molecular weight is 291 g/mol. The maximum Gasteiger partial charge on any atom is 0.255 e. The predicted molar refractivity (Wildman–Crippen MR) is 79.7 cm³/mol. The van der Waals surface area contributed by atoms with Gasteiger partial charge in [-0.3, -0.25) is 4.79 Å². The van der Waals surface area contributed by atoms with Gasteiger partial charge in [0.1, 0.15) is 11.6 Å². The number of anilines is 1. The standard InChI is InChI=1S/C16H22FN3O/c1-2-5-18-15-13(8-12(17)9-19-15)16(21)20-14-7-10-3-4-11(14)6-10/h8-11,14H,2-7H2,1H3,(H,18,19)(H,20,21). The van der Waals surface area contributed by atoms with Crippen LogP contribution in [0, 0.1) is 17.7 Å². The lowest BCUT2D eigenvalue weighted by molar-refractivity contribution is 0.0923. The Balaban J connectivity index is 1.72. The molecule has 0 aromatic carbocycles. The number of halogens is 1. The Morgan fingerprint density at radius 2 is 2.29 bits per heavy atom. The minimum absolute atomic E-state index is 0.210. The van der Waals surface area contributed by atoms with Crippen LogP contribution in [0.4, 0.5) is 10.2 Å². The summed E-state index contributed by atoms with van der Waals surface area (Å²) in [4.78, 5) is 16.5. The zero-order valence-corrected chi connectivity index (χ0v) is 12.4. The van der Waals surface area contributed by atoms with E-state index in [9.17, 15) is 9.18 Å². The molecule has 4 nitrogen and oxygen atoms in total. The van der Waals surface area contributed by atoms with Gasteiger partial charge in [0.15, 0.2) is 0 Å². The first-order valence-corrected chi connectivity index (χ1v) is 7.87. The fourth-order valence-corrected chi connectivity index (χ4v) is 3.66. The molecule has 2 saturated carbocycles. The van der Waals surface area contributed by atoms with E-state index in [2.05, 4.69) is 15.6 Å². The Kier molecular flexibility index (Phi) is 4.08. The summed E-state index contributed by atoms with van der Waals surface area (Å²) >= 11 is 0. The second kappa shape index (κ2) is 6.00. The Morgan fingerprint density at radius 3 is 2.95 bits per heavy atom. The molecule has 114 valence electrons. The molecule has 1 heterocycles. The van der Waals surface area contributed by atoms with Crippen LogP contribution in [0.15, 0.2) is 12.3 Å². The normalized spacial score (nSPS) is 26.9. The summed E-state index contributed by atoms with van der Waals surface area (Å²) < 4.78 is 13.4. The highest BCUT2D eigenvalue weighted by Gasteiger charge is 2.40.